The van der Waals surface area contributed by atoms with Crippen molar-refractivity contribution in [3.8, 4) is 0 Å². The van der Waals surface area contributed by atoms with Crippen LogP contribution in [-0.4, -0.2) is 16.1 Å². The molecule has 0 unspecified atom stereocenters. The molecule has 0 aromatic carbocycles. The van der Waals surface area contributed by atoms with Crippen LogP contribution in [0, 0.1) is 0 Å². The van der Waals surface area contributed by atoms with Gasteiger partial charge in [0.05, 0.1) is 11.7 Å². The van der Waals surface area contributed by atoms with Crippen molar-refractivity contribution < 1.29 is 9.53 Å². The third-order valence-corrected chi connectivity index (χ3v) is 2.91. The van der Waals surface area contributed by atoms with Crippen LogP contribution in [0.15, 0.2) is 24.7 Å². The van der Waals surface area contributed by atoms with Crippen LogP contribution >= 0.6 is 0 Å². The van der Waals surface area contributed by atoms with E-state index in [9.17, 15) is 4.79 Å². The maximum absolute atomic E-state index is 10.8. The summed E-state index contributed by atoms with van der Waals surface area (Å²) < 4.78 is 4.87. The molecule has 2 heterocycles. The largest absolute Gasteiger partial charge is 0.445 e. The summed E-state index contributed by atoms with van der Waals surface area (Å²) in [6, 6.07) is 1.98. The molecule has 0 bridgehead atoms. The van der Waals surface area contributed by atoms with E-state index in [1.807, 2.05) is 6.07 Å². The van der Waals surface area contributed by atoms with Gasteiger partial charge >= 0.3 is 6.09 Å². The first kappa shape index (κ1) is 13.3. The highest BCUT2D eigenvalue weighted by atomic mass is 16.5. The second-order valence-corrected chi connectivity index (χ2v) is 5.41. The van der Waals surface area contributed by atoms with Crippen LogP contribution in [0.25, 0.3) is 10.9 Å². The lowest BCUT2D eigenvalue weighted by Crippen LogP contribution is -2.15. The predicted molar refractivity (Wildman–Crippen MR) is 72.6 cm³/mol. The summed E-state index contributed by atoms with van der Waals surface area (Å²) in [4.78, 5) is 19.2. The molecule has 0 saturated carbocycles. The van der Waals surface area contributed by atoms with Crippen molar-refractivity contribution in [2.75, 3.05) is 0 Å². The number of pyridine rings is 2. The highest BCUT2D eigenvalue weighted by molar-refractivity contribution is 5.85. The molecule has 2 N–H and O–H groups in total. The molecule has 0 radical (unpaired) electrons. The van der Waals surface area contributed by atoms with Gasteiger partial charge in [-0.15, -0.1) is 0 Å². The molecule has 5 nitrogen and oxygen atoms in total. The van der Waals surface area contributed by atoms with Gasteiger partial charge in [-0.05, 0) is 17.0 Å². The Kier molecular flexibility index (Phi) is 3.38. The van der Waals surface area contributed by atoms with Crippen molar-refractivity contribution >= 4 is 17.0 Å². The molecular formula is C14H17N3O2. The standard InChI is InChI=1S/C14H17N3O2/c1-14(2,3)10-4-5-17-11-7-16-6-9(12(10)11)8-19-13(15)18/h4-7H,8H2,1-3H3,(H2,15,18). The number of carbonyl (C=O) groups is 1. The minimum atomic E-state index is -0.793. The molecule has 0 fully saturated rings. The molecule has 1 amide bonds. The molecule has 0 aliphatic rings. The lowest BCUT2D eigenvalue weighted by Gasteiger charge is -2.22. The Morgan fingerprint density at radius 1 is 1.37 bits per heavy atom. The van der Waals surface area contributed by atoms with E-state index in [-0.39, 0.29) is 12.0 Å². The fourth-order valence-corrected chi connectivity index (χ4v) is 2.06. The van der Waals surface area contributed by atoms with E-state index in [4.69, 9.17) is 10.5 Å². The first-order valence-corrected chi connectivity index (χ1v) is 6.04. The normalized spacial score (nSPS) is 11.5. The molecule has 100 valence electrons. The maximum atomic E-state index is 10.8. The van der Waals surface area contributed by atoms with Crippen LogP contribution in [0.3, 0.4) is 0 Å². The zero-order chi connectivity index (χ0) is 14.0. The predicted octanol–water partition coefficient (Wildman–Crippen LogP) is 2.52. The number of hydrogen-bond donors (Lipinski definition) is 1. The number of primary amides is 1. The first-order valence-electron chi connectivity index (χ1n) is 6.04. The Balaban J connectivity index is 2.61. The molecule has 0 aliphatic heterocycles. The number of aromatic nitrogens is 2. The summed E-state index contributed by atoms with van der Waals surface area (Å²) in [6.45, 7) is 6.48. The van der Waals surface area contributed by atoms with Gasteiger partial charge in [-0.2, -0.15) is 0 Å². The van der Waals surface area contributed by atoms with E-state index in [0.29, 0.717) is 0 Å². The zero-order valence-corrected chi connectivity index (χ0v) is 11.3. The summed E-state index contributed by atoms with van der Waals surface area (Å²) in [6.07, 6.45) is 4.36. The topological polar surface area (TPSA) is 78.1 Å². The number of nitrogens with two attached hydrogens (primary N) is 1. The van der Waals surface area contributed by atoms with Crippen LogP contribution in [0.4, 0.5) is 4.79 Å². The third-order valence-electron chi connectivity index (χ3n) is 2.91. The minimum absolute atomic E-state index is 0.0377. The number of ether oxygens (including phenoxy) is 1. The van der Waals surface area contributed by atoms with E-state index in [1.54, 1.807) is 18.6 Å². The number of carbonyl (C=O) groups excluding carboxylic acids is 1. The van der Waals surface area contributed by atoms with E-state index in [0.717, 1.165) is 22.0 Å². The molecule has 2 aromatic rings. The van der Waals surface area contributed by atoms with Crippen LogP contribution in [0.2, 0.25) is 0 Å². The van der Waals surface area contributed by atoms with Crippen molar-refractivity contribution in [3.63, 3.8) is 0 Å². The smallest absolute Gasteiger partial charge is 0.404 e. The van der Waals surface area contributed by atoms with Gasteiger partial charge in [0.2, 0.25) is 0 Å². The quantitative estimate of drug-likeness (QED) is 0.898. The molecular weight excluding hydrogens is 242 g/mol. The lowest BCUT2D eigenvalue weighted by atomic mass is 9.84. The Bertz CT molecular complexity index is 612. The molecule has 0 atom stereocenters. The number of hydrogen-bond acceptors (Lipinski definition) is 4. The van der Waals surface area contributed by atoms with Crippen LogP contribution in [0.1, 0.15) is 31.9 Å². The van der Waals surface area contributed by atoms with Gasteiger partial charge in [0.15, 0.2) is 0 Å². The minimum Gasteiger partial charge on any atom is -0.445 e. The molecule has 0 saturated heterocycles. The first-order chi connectivity index (χ1) is 8.89. The average Bonchev–Trinajstić information content (AvgIpc) is 2.34. The molecule has 5 heteroatoms. The number of amides is 1. The highest BCUT2D eigenvalue weighted by Crippen LogP contribution is 2.30. The van der Waals surface area contributed by atoms with E-state index in [1.165, 1.54) is 0 Å². The fraction of sp³-hybridized carbons (Fsp3) is 0.357. The summed E-state index contributed by atoms with van der Waals surface area (Å²) in [5.41, 5.74) is 7.72. The molecule has 19 heavy (non-hydrogen) atoms. The van der Waals surface area contributed by atoms with Crippen LogP contribution < -0.4 is 5.73 Å². The highest BCUT2D eigenvalue weighted by Gasteiger charge is 2.19. The maximum Gasteiger partial charge on any atom is 0.404 e. The Morgan fingerprint density at radius 3 is 2.74 bits per heavy atom. The molecule has 0 aliphatic carbocycles. The fourth-order valence-electron chi connectivity index (χ4n) is 2.06. The van der Waals surface area contributed by atoms with Gasteiger partial charge in [0.1, 0.15) is 6.61 Å². The van der Waals surface area contributed by atoms with Gasteiger partial charge in [0.25, 0.3) is 0 Å². The molecule has 0 spiro atoms. The van der Waals surface area contributed by atoms with Gasteiger partial charge in [-0.25, -0.2) is 4.79 Å². The second kappa shape index (κ2) is 4.84. The van der Waals surface area contributed by atoms with Crippen LogP contribution in [0.5, 0.6) is 0 Å². The van der Waals surface area contributed by atoms with Gasteiger partial charge < -0.3 is 10.5 Å². The van der Waals surface area contributed by atoms with E-state index >= 15 is 0 Å². The van der Waals surface area contributed by atoms with Crippen molar-refractivity contribution in [2.24, 2.45) is 5.73 Å². The average molecular weight is 259 g/mol. The van der Waals surface area contributed by atoms with Crippen LogP contribution in [-0.2, 0) is 16.8 Å². The SMILES string of the molecule is CC(C)(C)c1ccnc2cncc(COC(N)=O)c12. The van der Waals surface area contributed by atoms with Gasteiger partial charge in [0, 0.05) is 23.3 Å². The third kappa shape index (κ3) is 2.81. The Hall–Kier alpha value is -2.17. The summed E-state index contributed by atoms with van der Waals surface area (Å²) >= 11 is 0. The monoisotopic (exact) mass is 259 g/mol. The number of rotatable bonds is 2. The molecule has 2 aromatic heterocycles. The second-order valence-electron chi connectivity index (χ2n) is 5.41. The Morgan fingerprint density at radius 2 is 2.11 bits per heavy atom. The van der Waals surface area contributed by atoms with Crippen molar-refractivity contribution in [1.29, 1.82) is 0 Å². The number of nitrogens with zero attached hydrogens (tertiary/aromatic N) is 2. The summed E-state index contributed by atoms with van der Waals surface area (Å²) in [7, 11) is 0. The van der Waals surface area contributed by atoms with Gasteiger partial charge in [-0.3, -0.25) is 9.97 Å². The van der Waals surface area contributed by atoms with Crippen molar-refractivity contribution in [1.82, 2.24) is 9.97 Å². The lowest BCUT2D eigenvalue weighted by molar-refractivity contribution is 0.150. The van der Waals surface area contributed by atoms with E-state index < -0.39 is 6.09 Å². The van der Waals surface area contributed by atoms with E-state index in [2.05, 4.69) is 30.7 Å². The summed E-state index contributed by atoms with van der Waals surface area (Å²) in [5, 5.41) is 0.978. The van der Waals surface area contributed by atoms with Crippen molar-refractivity contribution in [2.45, 2.75) is 32.8 Å². The summed E-state index contributed by atoms with van der Waals surface area (Å²) in [5.74, 6) is 0. The van der Waals surface area contributed by atoms with Gasteiger partial charge in [-0.1, -0.05) is 20.8 Å². The number of fused-ring (bicyclic) bond motifs is 1. The molecule has 2 rings (SSSR count). The zero-order valence-electron chi connectivity index (χ0n) is 11.3. The Labute approximate surface area is 111 Å². The van der Waals surface area contributed by atoms with Crippen molar-refractivity contribution in [3.05, 3.63) is 35.8 Å².